The number of aromatic amines is 1. The van der Waals surface area contributed by atoms with Gasteiger partial charge in [-0.1, -0.05) is 11.6 Å². The number of carbonyl (C=O) groups is 1. The Morgan fingerprint density at radius 1 is 1.47 bits per heavy atom. The largest absolute Gasteiger partial charge is 0.477 e. The molecule has 0 saturated carbocycles. The van der Waals surface area contributed by atoms with Crippen LogP contribution in [-0.2, 0) is 0 Å². The number of rotatable bonds is 2. The second-order valence-corrected chi connectivity index (χ2v) is 5.19. The predicted molar refractivity (Wildman–Crippen MR) is 67.1 cm³/mol. The molecular weight excluding hydrogens is 262 g/mol. The quantitative estimate of drug-likeness (QED) is 0.881. The number of nitrogens with one attached hydrogen (secondary N) is 1. The molecule has 0 spiro atoms. The maximum atomic E-state index is 11.5. The molecule has 4 nitrogen and oxygen atoms in total. The Bertz CT molecular complexity index is 644. The molecule has 0 aromatic carbocycles. The van der Waals surface area contributed by atoms with Gasteiger partial charge in [-0.05, 0) is 30.7 Å². The highest BCUT2D eigenvalue weighted by molar-refractivity contribution is 7.19. The van der Waals surface area contributed by atoms with E-state index in [1.54, 1.807) is 19.1 Å². The third-order valence-electron chi connectivity index (χ3n) is 2.29. The van der Waals surface area contributed by atoms with Crippen molar-refractivity contribution in [3.63, 3.8) is 0 Å². The van der Waals surface area contributed by atoms with Crippen LogP contribution in [0.3, 0.4) is 0 Å². The molecule has 0 aliphatic rings. The molecule has 0 saturated heterocycles. The van der Waals surface area contributed by atoms with E-state index in [0.717, 1.165) is 4.88 Å². The Hall–Kier alpha value is -1.59. The highest BCUT2D eigenvalue weighted by Gasteiger charge is 2.13. The van der Waals surface area contributed by atoms with Crippen LogP contribution in [0.5, 0.6) is 0 Å². The summed E-state index contributed by atoms with van der Waals surface area (Å²) in [4.78, 5) is 25.7. The summed E-state index contributed by atoms with van der Waals surface area (Å²) in [6.07, 6.45) is 0. The lowest BCUT2D eigenvalue weighted by Gasteiger charge is -2.04. The van der Waals surface area contributed by atoms with Crippen LogP contribution in [-0.4, -0.2) is 16.1 Å². The van der Waals surface area contributed by atoms with Gasteiger partial charge in [0, 0.05) is 0 Å². The monoisotopic (exact) mass is 269 g/mol. The molecule has 0 fully saturated rings. The SMILES string of the molecule is Cc1cc(C(=O)O)c(=O)[nH]c1-c1ccc(Cl)s1. The Morgan fingerprint density at radius 2 is 2.18 bits per heavy atom. The molecule has 0 radical (unpaired) electrons. The lowest BCUT2D eigenvalue weighted by molar-refractivity contribution is 0.0695. The van der Waals surface area contributed by atoms with E-state index >= 15 is 0 Å². The molecule has 0 aliphatic carbocycles. The highest BCUT2D eigenvalue weighted by atomic mass is 35.5. The number of carboxylic acids is 1. The standard InChI is InChI=1S/C11H8ClNO3S/c1-5-4-6(11(15)16)10(14)13-9(5)7-2-3-8(12)17-7/h2-4H,1H3,(H,13,14)(H,15,16). The number of H-pyrrole nitrogens is 1. The van der Waals surface area contributed by atoms with Gasteiger partial charge >= 0.3 is 5.97 Å². The third-order valence-corrected chi connectivity index (χ3v) is 3.54. The number of aryl methyl sites for hydroxylation is 1. The molecule has 2 aromatic heterocycles. The molecule has 6 heteroatoms. The zero-order chi connectivity index (χ0) is 12.6. The van der Waals surface area contributed by atoms with Crippen LogP contribution >= 0.6 is 22.9 Å². The molecule has 0 aliphatic heterocycles. The van der Waals surface area contributed by atoms with Crippen molar-refractivity contribution in [3.8, 4) is 10.6 Å². The average molecular weight is 270 g/mol. The highest BCUT2D eigenvalue weighted by Crippen LogP contribution is 2.31. The molecule has 88 valence electrons. The van der Waals surface area contributed by atoms with Crippen molar-refractivity contribution >= 4 is 28.9 Å². The molecule has 0 unspecified atom stereocenters. The molecule has 2 rings (SSSR count). The van der Waals surface area contributed by atoms with Gasteiger partial charge in [0.2, 0.25) is 0 Å². The topological polar surface area (TPSA) is 70.2 Å². The maximum absolute atomic E-state index is 11.5. The van der Waals surface area contributed by atoms with Crippen LogP contribution in [0.25, 0.3) is 10.6 Å². The Morgan fingerprint density at radius 3 is 2.71 bits per heavy atom. The van der Waals surface area contributed by atoms with Crippen molar-refractivity contribution < 1.29 is 9.90 Å². The average Bonchev–Trinajstić information content (AvgIpc) is 2.67. The van der Waals surface area contributed by atoms with Crippen molar-refractivity contribution in [2.75, 3.05) is 0 Å². The predicted octanol–water partition coefficient (Wildman–Crippen LogP) is 2.76. The van der Waals surface area contributed by atoms with Gasteiger partial charge in [0.25, 0.3) is 5.56 Å². The Labute approximate surface area is 105 Å². The molecule has 0 atom stereocenters. The summed E-state index contributed by atoms with van der Waals surface area (Å²) < 4.78 is 0.613. The van der Waals surface area contributed by atoms with E-state index in [9.17, 15) is 9.59 Å². The summed E-state index contributed by atoms with van der Waals surface area (Å²) in [6.45, 7) is 1.74. The minimum atomic E-state index is -1.23. The van der Waals surface area contributed by atoms with E-state index in [1.165, 1.54) is 17.4 Å². The zero-order valence-corrected chi connectivity index (χ0v) is 10.4. The fourth-order valence-electron chi connectivity index (χ4n) is 1.50. The molecule has 2 aromatic rings. The maximum Gasteiger partial charge on any atom is 0.341 e. The van der Waals surface area contributed by atoms with Gasteiger partial charge in [-0.2, -0.15) is 0 Å². The van der Waals surface area contributed by atoms with Gasteiger partial charge in [-0.3, -0.25) is 4.79 Å². The van der Waals surface area contributed by atoms with E-state index in [4.69, 9.17) is 16.7 Å². The van der Waals surface area contributed by atoms with E-state index in [0.29, 0.717) is 15.6 Å². The number of aromatic nitrogens is 1. The summed E-state index contributed by atoms with van der Waals surface area (Å²) in [6, 6.07) is 4.88. The van der Waals surface area contributed by atoms with Crippen molar-refractivity contribution in [1.82, 2.24) is 4.98 Å². The number of hydrogen-bond acceptors (Lipinski definition) is 3. The summed E-state index contributed by atoms with van der Waals surface area (Å²) in [5.74, 6) is -1.23. The van der Waals surface area contributed by atoms with E-state index in [2.05, 4.69) is 4.98 Å². The lowest BCUT2D eigenvalue weighted by atomic mass is 10.1. The van der Waals surface area contributed by atoms with Crippen LogP contribution in [0.1, 0.15) is 15.9 Å². The normalized spacial score (nSPS) is 10.5. The Balaban J connectivity index is 2.62. The minimum Gasteiger partial charge on any atom is -0.477 e. The van der Waals surface area contributed by atoms with Gasteiger partial charge in [0.05, 0.1) is 14.9 Å². The second-order valence-electron chi connectivity index (χ2n) is 3.48. The first-order valence-corrected chi connectivity index (χ1v) is 5.91. The van der Waals surface area contributed by atoms with Crippen LogP contribution in [0.2, 0.25) is 4.34 Å². The van der Waals surface area contributed by atoms with Crippen LogP contribution in [0, 0.1) is 6.92 Å². The first kappa shape index (κ1) is 11.9. The van der Waals surface area contributed by atoms with Crippen molar-refractivity contribution in [2.24, 2.45) is 0 Å². The zero-order valence-electron chi connectivity index (χ0n) is 8.78. The molecule has 2 N–H and O–H groups in total. The molecule has 0 bridgehead atoms. The number of pyridine rings is 1. The summed E-state index contributed by atoms with van der Waals surface area (Å²) >= 11 is 7.14. The van der Waals surface area contributed by atoms with E-state index in [1.807, 2.05) is 0 Å². The van der Waals surface area contributed by atoms with Gasteiger partial charge in [-0.25, -0.2) is 4.79 Å². The van der Waals surface area contributed by atoms with Gasteiger partial charge < -0.3 is 10.1 Å². The van der Waals surface area contributed by atoms with Crippen LogP contribution < -0.4 is 5.56 Å². The first-order valence-electron chi connectivity index (χ1n) is 4.72. The second kappa shape index (κ2) is 4.35. The van der Waals surface area contributed by atoms with E-state index < -0.39 is 11.5 Å². The number of halogens is 1. The molecule has 17 heavy (non-hydrogen) atoms. The number of aromatic carboxylic acids is 1. The molecule has 2 heterocycles. The van der Waals surface area contributed by atoms with Crippen LogP contribution in [0.4, 0.5) is 0 Å². The minimum absolute atomic E-state index is 0.256. The van der Waals surface area contributed by atoms with Crippen molar-refractivity contribution in [2.45, 2.75) is 6.92 Å². The van der Waals surface area contributed by atoms with Gasteiger partial charge in [0.15, 0.2) is 0 Å². The molecular formula is C11H8ClNO3S. The summed E-state index contributed by atoms with van der Waals surface area (Å²) in [7, 11) is 0. The number of thiophene rings is 1. The fraction of sp³-hybridized carbons (Fsp3) is 0.0909. The lowest BCUT2D eigenvalue weighted by Crippen LogP contribution is -2.18. The molecule has 0 amide bonds. The van der Waals surface area contributed by atoms with Crippen molar-refractivity contribution in [1.29, 1.82) is 0 Å². The summed E-state index contributed by atoms with van der Waals surface area (Å²) in [5, 5.41) is 8.82. The van der Waals surface area contributed by atoms with Crippen molar-refractivity contribution in [3.05, 3.63) is 44.0 Å². The summed E-state index contributed by atoms with van der Waals surface area (Å²) in [5.41, 5.74) is 0.439. The third kappa shape index (κ3) is 2.25. The van der Waals surface area contributed by atoms with Gasteiger partial charge in [-0.15, -0.1) is 11.3 Å². The van der Waals surface area contributed by atoms with E-state index in [-0.39, 0.29) is 5.56 Å². The van der Waals surface area contributed by atoms with Crippen LogP contribution in [0.15, 0.2) is 23.0 Å². The number of carboxylic acid groups (broad SMARTS) is 1. The van der Waals surface area contributed by atoms with Gasteiger partial charge in [0.1, 0.15) is 5.56 Å². The first-order chi connectivity index (χ1) is 7.99. The Kier molecular flexibility index (Phi) is 3.04. The number of hydrogen-bond donors (Lipinski definition) is 2. The smallest absolute Gasteiger partial charge is 0.341 e. The fourth-order valence-corrected chi connectivity index (χ4v) is 2.61.